The number of rotatable bonds is 8. The maximum atomic E-state index is 11.1. The summed E-state index contributed by atoms with van der Waals surface area (Å²) in [6, 6.07) is 3.60. The molecule has 0 radical (unpaired) electrons. The highest BCUT2D eigenvalue weighted by Crippen LogP contribution is 2.24. The highest BCUT2D eigenvalue weighted by Gasteiger charge is 2.21. The number of carbonyl (C=O) groups is 1. The minimum atomic E-state index is -0.616. The molecule has 0 aliphatic heterocycles. The Kier molecular flexibility index (Phi) is 6.64. The number of carbonyl (C=O) groups excluding carboxylic acids is 1. The van der Waals surface area contributed by atoms with E-state index in [1.165, 1.54) is 18.4 Å². The van der Waals surface area contributed by atoms with Gasteiger partial charge in [0.05, 0.1) is 7.11 Å². The Morgan fingerprint density at radius 3 is 3.06 bits per heavy atom. The first-order valence-corrected chi connectivity index (χ1v) is 6.69. The Morgan fingerprint density at radius 2 is 2.50 bits per heavy atom. The van der Waals surface area contributed by atoms with Gasteiger partial charge < -0.3 is 15.2 Å². The zero-order valence-corrected chi connectivity index (χ0v) is 11.3. The topological polar surface area (TPSA) is 58.6 Å². The highest BCUT2D eigenvalue weighted by molar-refractivity contribution is 7.10. The van der Waals surface area contributed by atoms with Crippen LogP contribution in [0.1, 0.15) is 23.8 Å². The molecular weight excluding hydrogens is 250 g/mol. The molecule has 2 N–H and O–H groups in total. The molecule has 1 aromatic rings. The van der Waals surface area contributed by atoms with E-state index in [4.69, 9.17) is 0 Å². The Morgan fingerprint density at radius 1 is 1.72 bits per heavy atom. The number of hydrogen-bond donors (Lipinski definition) is 2. The summed E-state index contributed by atoms with van der Waals surface area (Å²) in [5.74, 6) is -0.265. The van der Waals surface area contributed by atoms with Crippen LogP contribution in [0, 0.1) is 0 Å². The van der Waals surface area contributed by atoms with Crippen LogP contribution in [0.15, 0.2) is 30.2 Å². The van der Waals surface area contributed by atoms with E-state index in [9.17, 15) is 9.90 Å². The van der Waals surface area contributed by atoms with Crippen molar-refractivity contribution in [3.8, 4) is 0 Å². The number of nitrogens with one attached hydrogen (secondary N) is 1. The van der Waals surface area contributed by atoms with Crippen LogP contribution < -0.4 is 5.32 Å². The third kappa shape index (κ3) is 4.60. The minimum Gasteiger partial charge on any atom is -0.469 e. The van der Waals surface area contributed by atoms with Gasteiger partial charge in [-0.25, -0.2) is 0 Å². The molecule has 0 aromatic carbocycles. The molecule has 1 heterocycles. The van der Waals surface area contributed by atoms with Gasteiger partial charge in [-0.2, -0.15) is 0 Å². The van der Waals surface area contributed by atoms with E-state index in [2.05, 4.69) is 16.6 Å². The van der Waals surface area contributed by atoms with Crippen LogP contribution in [-0.2, 0) is 9.53 Å². The second kappa shape index (κ2) is 8.02. The van der Waals surface area contributed by atoms with E-state index in [0.29, 0.717) is 13.0 Å². The summed E-state index contributed by atoms with van der Waals surface area (Å²) in [6.07, 6.45) is 1.93. The van der Waals surface area contributed by atoms with Gasteiger partial charge in [0.2, 0.25) is 0 Å². The van der Waals surface area contributed by atoms with Crippen molar-refractivity contribution in [3.05, 3.63) is 35.0 Å². The number of thiophene rings is 1. The summed E-state index contributed by atoms with van der Waals surface area (Å²) >= 11 is 1.50. The molecule has 4 nitrogen and oxygen atoms in total. The lowest BCUT2D eigenvalue weighted by atomic mass is 10.0. The maximum absolute atomic E-state index is 11.1. The average Bonchev–Trinajstić information content (AvgIpc) is 2.91. The molecule has 0 spiro atoms. The Hall–Kier alpha value is -1.17. The molecule has 0 aliphatic rings. The Labute approximate surface area is 111 Å². The summed E-state index contributed by atoms with van der Waals surface area (Å²) in [5.41, 5.74) is 0. The van der Waals surface area contributed by atoms with Gasteiger partial charge in [-0.05, 0) is 17.9 Å². The van der Waals surface area contributed by atoms with Gasteiger partial charge in [0.25, 0.3) is 0 Å². The van der Waals surface area contributed by atoms with Gasteiger partial charge in [-0.15, -0.1) is 17.9 Å². The number of methoxy groups -OCH3 is 1. The fraction of sp³-hybridized carbons (Fsp3) is 0.462. The molecule has 0 bridgehead atoms. The largest absolute Gasteiger partial charge is 0.469 e. The first-order chi connectivity index (χ1) is 8.69. The van der Waals surface area contributed by atoms with Crippen LogP contribution >= 0.6 is 11.3 Å². The molecule has 5 heteroatoms. The SMILES string of the molecule is C=CCNC(CCC(=O)OC)C(O)c1cccs1. The zero-order chi connectivity index (χ0) is 13.4. The molecular formula is C13H19NO3S. The Bertz CT molecular complexity index is 364. The molecule has 0 fully saturated rings. The predicted molar refractivity (Wildman–Crippen MR) is 72.5 cm³/mol. The third-order valence-corrected chi connectivity index (χ3v) is 3.57. The van der Waals surface area contributed by atoms with Gasteiger partial charge in [0.15, 0.2) is 0 Å². The van der Waals surface area contributed by atoms with Gasteiger partial charge >= 0.3 is 5.97 Å². The number of esters is 1. The normalized spacial score (nSPS) is 13.9. The van der Waals surface area contributed by atoms with Crippen molar-refractivity contribution in [1.82, 2.24) is 5.32 Å². The van der Waals surface area contributed by atoms with E-state index in [-0.39, 0.29) is 18.4 Å². The van der Waals surface area contributed by atoms with E-state index < -0.39 is 6.10 Å². The smallest absolute Gasteiger partial charge is 0.305 e. The standard InChI is InChI=1S/C13H19NO3S/c1-3-8-14-10(6-7-12(15)17-2)13(16)11-5-4-9-18-11/h3-5,9-10,13-14,16H,1,6-8H2,2H3. The quantitative estimate of drug-likeness (QED) is 0.559. The summed E-state index contributed by atoms with van der Waals surface area (Å²) < 4.78 is 4.61. The first kappa shape index (κ1) is 14.9. The van der Waals surface area contributed by atoms with Crippen LogP contribution in [0.2, 0.25) is 0 Å². The highest BCUT2D eigenvalue weighted by atomic mass is 32.1. The summed E-state index contributed by atoms with van der Waals surface area (Å²) in [4.78, 5) is 12.0. The molecule has 0 amide bonds. The Balaban J connectivity index is 2.59. The second-order valence-corrected chi connectivity index (χ2v) is 4.86. The van der Waals surface area contributed by atoms with Crippen molar-refractivity contribution in [2.75, 3.05) is 13.7 Å². The van der Waals surface area contributed by atoms with Gasteiger partial charge in [-0.1, -0.05) is 12.1 Å². The lowest BCUT2D eigenvalue weighted by molar-refractivity contribution is -0.141. The van der Waals surface area contributed by atoms with E-state index in [1.807, 2.05) is 17.5 Å². The van der Waals surface area contributed by atoms with E-state index in [1.54, 1.807) is 6.08 Å². The fourth-order valence-electron chi connectivity index (χ4n) is 1.64. The fourth-order valence-corrected chi connectivity index (χ4v) is 2.41. The summed E-state index contributed by atoms with van der Waals surface area (Å²) in [6.45, 7) is 4.22. The van der Waals surface area contributed by atoms with E-state index >= 15 is 0 Å². The van der Waals surface area contributed by atoms with Gasteiger partial charge in [0, 0.05) is 23.9 Å². The number of ether oxygens (including phenoxy) is 1. The molecule has 0 saturated carbocycles. The van der Waals surface area contributed by atoms with Crippen molar-refractivity contribution in [2.45, 2.75) is 25.0 Å². The lowest BCUT2D eigenvalue weighted by Gasteiger charge is -2.22. The number of aliphatic hydroxyl groups is 1. The predicted octanol–water partition coefficient (Wildman–Crippen LogP) is 1.88. The summed E-state index contributed by atoms with van der Waals surface area (Å²) in [5, 5.41) is 15.3. The van der Waals surface area contributed by atoms with Crippen LogP contribution in [0.4, 0.5) is 0 Å². The second-order valence-electron chi connectivity index (χ2n) is 3.88. The zero-order valence-electron chi connectivity index (χ0n) is 10.5. The van der Waals surface area contributed by atoms with E-state index in [0.717, 1.165) is 4.88 Å². The molecule has 2 atom stereocenters. The third-order valence-electron chi connectivity index (χ3n) is 2.63. The monoisotopic (exact) mass is 269 g/mol. The number of aliphatic hydroxyl groups excluding tert-OH is 1. The minimum absolute atomic E-state index is 0.180. The molecule has 0 aliphatic carbocycles. The van der Waals surface area contributed by atoms with Crippen molar-refractivity contribution in [3.63, 3.8) is 0 Å². The molecule has 2 unspecified atom stereocenters. The average molecular weight is 269 g/mol. The maximum Gasteiger partial charge on any atom is 0.305 e. The van der Waals surface area contributed by atoms with Gasteiger partial charge in [-0.3, -0.25) is 4.79 Å². The van der Waals surface area contributed by atoms with Crippen LogP contribution in [0.25, 0.3) is 0 Å². The molecule has 1 rings (SSSR count). The van der Waals surface area contributed by atoms with Crippen molar-refractivity contribution >= 4 is 17.3 Å². The first-order valence-electron chi connectivity index (χ1n) is 5.81. The molecule has 0 saturated heterocycles. The summed E-state index contributed by atoms with van der Waals surface area (Å²) in [7, 11) is 1.37. The van der Waals surface area contributed by atoms with Crippen molar-refractivity contribution in [1.29, 1.82) is 0 Å². The van der Waals surface area contributed by atoms with Crippen LogP contribution in [0.3, 0.4) is 0 Å². The molecule has 100 valence electrons. The lowest BCUT2D eigenvalue weighted by Crippen LogP contribution is -2.35. The van der Waals surface area contributed by atoms with Gasteiger partial charge in [0.1, 0.15) is 6.10 Å². The molecule has 1 aromatic heterocycles. The van der Waals surface area contributed by atoms with Crippen molar-refractivity contribution in [2.24, 2.45) is 0 Å². The van der Waals surface area contributed by atoms with Crippen LogP contribution in [-0.4, -0.2) is 30.8 Å². The molecule has 18 heavy (non-hydrogen) atoms. The van der Waals surface area contributed by atoms with Crippen molar-refractivity contribution < 1.29 is 14.6 Å². The number of hydrogen-bond acceptors (Lipinski definition) is 5. The van der Waals surface area contributed by atoms with Crippen LogP contribution in [0.5, 0.6) is 0 Å².